The number of carbonyl (C=O) groups excluding carboxylic acids is 1. The van der Waals surface area contributed by atoms with Gasteiger partial charge < -0.3 is 14.5 Å². The first-order valence-corrected chi connectivity index (χ1v) is 12.3. The van der Waals surface area contributed by atoms with Crippen LogP contribution in [-0.2, 0) is 17.8 Å². The third-order valence-electron chi connectivity index (χ3n) is 6.71. The minimum absolute atomic E-state index is 0.218. The van der Waals surface area contributed by atoms with Gasteiger partial charge >= 0.3 is 6.09 Å². The molecule has 0 aliphatic carbocycles. The van der Waals surface area contributed by atoms with Crippen molar-refractivity contribution < 1.29 is 14.4 Å². The van der Waals surface area contributed by atoms with E-state index < -0.39 is 0 Å². The average molecular weight is 470 g/mol. The van der Waals surface area contributed by atoms with Crippen molar-refractivity contribution in [2.45, 2.75) is 38.7 Å². The number of hydrogen-bond donors (Lipinski definition) is 0. The Morgan fingerprint density at radius 2 is 1.69 bits per heavy atom. The molecule has 0 spiro atoms. The second-order valence-electron chi connectivity index (χ2n) is 9.00. The van der Waals surface area contributed by atoms with Gasteiger partial charge in [0.25, 0.3) is 0 Å². The molecule has 1 amide bonds. The predicted molar refractivity (Wildman–Crippen MR) is 136 cm³/mol. The van der Waals surface area contributed by atoms with Crippen molar-refractivity contribution in [3.63, 3.8) is 0 Å². The summed E-state index contributed by atoms with van der Waals surface area (Å²) in [6, 6.07) is 25.2. The zero-order valence-corrected chi connectivity index (χ0v) is 20.1. The fraction of sp³-hybridized carbons (Fsp3) is 0.310. The molecule has 6 nitrogen and oxygen atoms in total. The summed E-state index contributed by atoms with van der Waals surface area (Å²) in [5.41, 5.74) is 4.60. The van der Waals surface area contributed by atoms with Gasteiger partial charge in [0.2, 0.25) is 0 Å². The Hall–Kier alpha value is -3.80. The standard InChI is InChI=1S/C29H31N3O3/c1-2-34-29(33)31-16-14-25(15-17-31)27-20-30-32(35-21-22-8-4-3-5-9-22)28(27)19-23-12-13-24-10-6-7-11-26(24)18-23/h3-13,18,20,25H,2,14-17,19,21H2,1H3. The van der Waals surface area contributed by atoms with Gasteiger partial charge in [0.1, 0.15) is 6.61 Å². The van der Waals surface area contributed by atoms with E-state index in [9.17, 15) is 4.79 Å². The topological polar surface area (TPSA) is 56.6 Å². The minimum atomic E-state index is -0.218. The molecule has 35 heavy (non-hydrogen) atoms. The number of ether oxygens (including phenoxy) is 1. The van der Waals surface area contributed by atoms with Gasteiger partial charge in [0, 0.05) is 25.1 Å². The van der Waals surface area contributed by atoms with E-state index >= 15 is 0 Å². The van der Waals surface area contributed by atoms with Crippen molar-refractivity contribution in [3.8, 4) is 0 Å². The maximum atomic E-state index is 12.1. The number of fused-ring (bicyclic) bond motifs is 1. The molecule has 1 aliphatic heterocycles. The lowest BCUT2D eigenvalue weighted by molar-refractivity contribution is 0.0640. The molecular weight excluding hydrogens is 438 g/mol. The molecule has 2 heterocycles. The van der Waals surface area contributed by atoms with E-state index in [4.69, 9.17) is 9.57 Å². The molecule has 3 aromatic carbocycles. The highest BCUT2D eigenvalue weighted by atomic mass is 16.7. The van der Waals surface area contributed by atoms with E-state index in [2.05, 4.69) is 59.7 Å². The number of rotatable bonds is 7. The Labute approximate surface area is 206 Å². The van der Waals surface area contributed by atoms with Crippen molar-refractivity contribution in [3.05, 3.63) is 101 Å². The number of likely N-dealkylation sites (tertiary alicyclic amines) is 1. The Kier molecular flexibility index (Phi) is 6.98. The Balaban J connectivity index is 1.39. The Bertz CT molecular complexity index is 1280. The first-order chi connectivity index (χ1) is 17.2. The second kappa shape index (κ2) is 10.6. The van der Waals surface area contributed by atoms with Crippen LogP contribution in [0.4, 0.5) is 4.79 Å². The monoisotopic (exact) mass is 469 g/mol. The van der Waals surface area contributed by atoms with Crippen molar-refractivity contribution in [2.75, 3.05) is 19.7 Å². The quantitative estimate of drug-likeness (QED) is 0.354. The Morgan fingerprint density at radius 3 is 2.46 bits per heavy atom. The molecule has 1 saturated heterocycles. The summed E-state index contributed by atoms with van der Waals surface area (Å²) < 4.78 is 5.19. The predicted octanol–water partition coefficient (Wildman–Crippen LogP) is 5.59. The van der Waals surface area contributed by atoms with Crippen LogP contribution < -0.4 is 4.84 Å². The highest BCUT2D eigenvalue weighted by molar-refractivity contribution is 5.83. The summed E-state index contributed by atoms with van der Waals surface area (Å²) in [7, 11) is 0. The number of hydrogen-bond acceptors (Lipinski definition) is 4. The number of aromatic nitrogens is 2. The van der Waals surface area contributed by atoms with Crippen LogP contribution in [0, 0.1) is 0 Å². The molecule has 0 unspecified atom stereocenters. The van der Waals surface area contributed by atoms with Crippen LogP contribution in [-0.4, -0.2) is 40.6 Å². The van der Waals surface area contributed by atoms with E-state index in [1.807, 2.05) is 31.3 Å². The van der Waals surface area contributed by atoms with Crippen LogP contribution in [0.2, 0.25) is 0 Å². The molecule has 1 fully saturated rings. The van der Waals surface area contributed by atoms with Crippen molar-refractivity contribution >= 4 is 16.9 Å². The van der Waals surface area contributed by atoms with Gasteiger partial charge in [0.15, 0.2) is 0 Å². The molecule has 1 aromatic heterocycles. The highest BCUT2D eigenvalue weighted by Gasteiger charge is 2.28. The van der Waals surface area contributed by atoms with Crippen LogP contribution in [0.1, 0.15) is 48.1 Å². The number of nitrogens with zero attached hydrogens (tertiary/aromatic N) is 3. The molecule has 0 bridgehead atoms. The van der Waals surface area contributed by atoms with Crippen molar-refractivity contribution in [1.29, 1.82) is 0 Å². The molecule has 0 radical (unpaired) electrons. The summed E-state index contributed by atoms with van der Waals surface area (Å²) in [5.74, 6) is 0.324. The van der Waals surface area contributed by atoms with Gasteiger partial charge in [-0.2, -0.15) is 0 Å². The molecular formula is C29H31N3O3. The minimum Gasteiger partial charge on any atom is -0.450 e. The van der Waals surface area contributed by atoms with Crippen LogP contribution in [0.5, 0.6) is 0 Å². The summed E-state index contributed by atoms with van der Waals surface area (Å²) in [5, 5.41) is 7.10. The second-order valence-corrected chi connectivity index (χ2v) is 9.00. The number of piperidine rings is 1. The van der Waals surface area contributed by atoms with E-state index in [-0.39, 0.29) is 6.09 Å². The number of carbonyl (C=O) groups is 1. The molecule has 0 atom stereocenters. The van der Waals surface area contributed by atoms with Crippen LogP contribution in [0.25, 0.3) is 10.8 Å². The number of benzene rings is 3. The molecule has 4 aromatic rings. The Morgan fingerprint density at radius 1 is 0.943 bits per heavy atom. The molecule has 5 rings (SSSR count). The zero-order chi connectivity index (χ0) is 24.0. The fourth-order valence-electron chi connectivity index (χ4n) is 4.83. The van der Waals surface area contributed by atoms with Crippen molar-refractivity contribution in [2.24, 2.45) is 0 Å². The normalized spacial score (nSPS) is 14.3. The van der Waals surface area contributed by atoms with Crippen LogP contribution in [0.3, 0.4) is 0 Å². The van der Waals surface area contributed by atoms with Gasteiger partial charge in [-0.05, 0) is 47.6 Å². The van der Waals surface area contributed by atoms with Crippen LogP contribution >= 0.6 is 0 Å². The van der Waals surface area contributed by atoms with Gasteiger partial charge in [-0.15, -0.1) is 9.94 Å². The van der Waals surface area contributed by atoms with E-state index in [0.29, 0.717) is 32.2 Å². The highest BCUT2D eigenvalue weighted by Crippen LogP contribution is 2.32. The van der Waals surface area contributed by atoms with Crippen LogP contribution in [0.15, 0.2) is 79.0 Å². The maximum absolute atomic E-state index is 12.1. The zero-order valence-electron chi connectivity index (χ0n) is 20.1. The van der Waals surface area contributed by atoms with Gasteiger partial charge in [-0.25, -0.2) is 4.79 Å². The first kappa shape index (κ1) is 23.0. The average Bonchev–Trinajstić information content (AvgIpc) is 3.30. The largest absolute Gasteiger partial charge is 0.450 e. The summed E-state index contributed by atoms with van der Waals surface area (Å²) in [4.78, 5) is 21.8. The van der Waals surface area contributed by atoms with Gasteiger partial charge in [-0.1, -0.05) is 72.8 Å². The molecule has 180 valence electrons. The van der Waals surface area contributed by atoms with E-state index in [1.165, 1.54) is 21.9 Å². The molecule has 6 heteroatoms. The third kappa shape index (κ3) is 5.32. The number of amides is 1. The summed E-state index contributed by atoms with van der Waals surface area (Å²) in [6.07, 6.45) is 4.23. The summed E-state index contributed by atoms with van der Waals surface area (Å²) >= 11 is 0. The fourth-order valence-corrected chi connectivity index (χ4v) is 4.83. The van der Waals surface area contributed by atoms with E-state index in [0.717, 1.165) is 30.5 Å². The lowest BCUT2D eigenvalue weighted by atomic mass is 9.88. The lowest BCUT2D eigenvalue weighted by Crippen LogP contribution is -2.38. The van der Waals surface area contributed by atoms with E-state index in [1.54, 1.807) is 9.75 Å². The molecule has 1 aliphatic rings. The smallest absolute Gasteiger partial charge is 0.409 e. The molecule has 0 saturated carbocycles. The molecule has 0 N–H and O–H groups in total. The SMILES string of the molecule is CCOC(=O)N1CCC(c2cnn(OCc3ccccc3)c2Cc2ccc3ccccc3c2)CC1. The van der Waals surface area contributed by atoms with Gasteiger partial charge in [0.05, 0.1) is 18.5 Å². The first-order valence-electron chi connectivity index (χ1n) is 12.3. The van der Waals surface area contributed by atoms with Gasteiger partial charge in [-0.3, -0.25) is 0 Å². The summed E-state index contributed by atoms with van der Waals surface area (Å²) in [6.45, 7) is 4.08. The maximum Gasteiger partial charge on any atom is 0.409 e. The van der Waals surface area contributed by atoms with Crippen molar-refractivity contribution in [1.82, 2.24) is 14.8 Å². The third-order valence-corrected chi connectivity index (χ3v) is 6.71. The lowest BCUT2D eigenvalue weighted by Gasteiger charge is -2.31.